The standard InChI is InChI=1S/C17H14F3N3O2S.C3H5O.Na.H2O/c1-11-2-4-12(5-3-11)15-10-16(17(18,19)20)22-23(15)13-6-8-14(9-7-13)26(21,24)25;1-2-3-4;;/h2-10H,1H3,(H2,21,24,25);2H2,1H3;;1H2/q;-1;+1;. The first kappa shape index (κ1) is 30.0. The summed E-state index contributed by atoms with van der Waals surface area (Å²) in [5.74, 6) is 0. The maximum Gasteiger partial charge on any atom is 1.00 e. The molecule has 3 rings (SSSR count). The third kappa shape index (κ3) is 7.84. The van der Waals surface area contributed by atoms with Crippen LogP contribution in [-0.4, -0.2) is 30.0 Å². The number of sulfonamides is 1. The van der Waals surface area contributed by atoms with E-state index in [1.807, 2.05) is 6.92 Å². The van der Waals surface area contributed by atoms with Gasteiger partial charge in [-0.1, -0.05) is 36.8 Å². The van der Waals surface area contributed by atoms with Gasteiger partial charge >= 0.3 is 35.7 Å². The number of nitrogens with two attached hydrogens (primary N) is 1. The predicted octanol–water partition coefficient (Wildman–Crippen LogP) is 0.199. The Morgan fingerprint density at radius 1 is 1.06 bits per heavy atom. The Kier molecular flexibility index (Phi) is 11.5. The second-order valence-corrected chi connectivity index (χ2v) is 7.79. The SMILES string of the molecule is CC[C-]=O.Cc1ccc(-c2cc(C(F)(F)F)nn2-c2ccc(S(N)(=O)=O)cc2)cc1.O.[Na+]. The Labute approximate surface area is 206 Å². The summed E-state index contributed by atoms with van der Waals surface area (Å²) in [5.41, 5.74) is 0.996. The molecule has 0 saturated carbocycles. The van der Waals surface area contributed by atoms with Crippen LogP contribution in [0.5, 0.6) is 0 Å². The zero-order valence-electron chi connectivity index (χ0n) is 17.6. The second kappa shape index (κ2) is 12.3. The van der Waals surface area contributed by atoms with Crippen molar-refractivity contribution in [3.8, 4) is 16.9 Å². The fourth-order valence-corrected chi connectivity index (χ4v) is 2.94. The minimum atomic E-state index is -4.61. The molecule has 0 atom stereocenters. The number of nitrogens with zero attached hydrogens (tertiary/aromatic N) is 2. The van der Waals surface area contributed by atoms with Crippen LogP contribution in [0.3, 0.4) is 0 Å². The topological polar surface area (TPSA) is 127 Å². The Hall–Kier alpha value is -2.02. The van der Waals surface area contributed by atoms with Crippen LogP contribution < -0.4 is 34.7 Å². The van der Waals surface area contributed by atoms with Gasteiger partial charge in [-0.2, -0.15) is 24.7 Å². The van der Waals surface area contributed by atoms with E-state index < -0.39 is 21.9 Å². The van der Waals surface area contributed by atoms with Crippen molar-refractivity contribution in [1.82, 2.24) is 9.78 Å². The number of carbonyl (C=O) groups excluding carboxylic acids is 1. The molecule has 0 radical (unpaired) electrons. The van der Waals surface area contributed by atoms with Crippen LogP contribution in [-0.2, 0) is 21.0 Å². The molecule has 0 fully saturated rings. The van der Waals surface area contributed by atoms with E-state index in [0.717, 1.165) is 16.3 Å². The Morgan fingerprint density at radius 3 is 1.97 bits per heavy atom. The smallest absolute Gasteiger partial charge is 0.542 e. The van der Waals surface area contributed by atoms with Gasteiger partial charge in [-0.3, -0.25) is 6.29 Å². The number of aryl methyl sites for hydroxylation is 1. The molecule has 32 heavy (non-hydrogen) atoms. The van der Waals surface area contributed by atoms with Gasteiger partial charge in [0.2, 0.25) is 10.0 Å². The van der Waals surface area contributed by atoms with Crippen molar-refractivity contribution in [3.63, 3.8) is 0 Å². The summed E-state index contributed by atoms with van der Waals surface area (Å²) in [7, 11) is -3.90. The molecule has 4 N–H and O–H groups in total. The largest absolute Gasteiger partial charge is 1.00 e. The third-order valence-corrected chi connectivity index (χ3v) is 4.83. The van der Waals surface area contributed by atoms with E-state index in [4.69, 9.17) is 9.93 Å². The molecule has 1 aromatic heterocycles. The van der Waals surface area contributed by atoms with E-state index in [-0.39, 0.29) is 51.3 Å². The second-order valence-electron chi connectivity index (χ2n) is 6.23. The summed E-state index contributed by atoms with van der Waals surface area (Å²) in [5, 5.41) is 8.70. The summed E-state index contributed by atoms with van der Waals surface area (Å²) in [6.07, 6.45) is -2.41. The predicted molar refractivity (Wildman–Crippen MR) is 110 cm³/mol. The van der Waals surface area contributed by atoms with Crippen LogP contribution in [0, 0.1) is 6.92 Å². The quantitative estimate of drug-likeness (QED) is 0.424. The molecule has 168 valence electrons. The molecule has 0 saturated heterocycles. The van der Waals surface area contributed by atoms with E-state index in [1.165, 1.54) is 24.3 Å². The van der Waals surface area contributed by atoms with Crippen molar-refractivity contribution in [2.45, 2.75) is 31.3 Å². The zero-order chi connectivity index (χ0) is 22.5. The minimum absolute atomic E-state index is 0. The Balaban J connectivity index is 0.00000148. The van der Waals surface area contributed by atoms with E-state index in [2.05, 4.69) is 5.10 Å². The molecule has 2 aromatic carbocycles. The number of hydrogen-bond acceptors (Lipinski definition) is 4. The van der Waals surface area contributed by atoms with Crippen molar-refractivity contribution >= 4 is 16.3 Å². The van der Waals surface area contributed by atoms with Crippen LogP contribution in [0.15, 0.2) is 59.5 Å². The normalized spacial score (nSPS) is 10.8. The molecule has 1 heterocycles. The summed E-state index contributed by atoms with van der Waals surface area (Å²) in [6.45, 7) is 3.63. The van der Waals surface area contributed by atoms with Gasteiger partial charge < -0.3 is 10.3 Å². The molecule has 0 unspecified atom stereocenters. The van der Waals surface area contributed by atoms with Gasteiger partial charge in [-0.25, -0.2) is 18.2 Å². The Morgan fingerprint density at radius 2 is 1.56 bits per heavy atom. The van der Waals surface area contributed by atoms with Gasteiger partial charge in [-0.05, 0) is 37.3 Å². The fourth-order valence-electron chi connectivity index (χ4n) is 2.42. The first-order valence-electron chi connectivity index (χ1n) is 8.70. The summed E-state index contributed by atoms with van der Waals surface area (Å²) >= 11 is 0. The Bertz CT molecular complexity index is 1110. The van der Waals surface area contributed by atoms with Gasteiger partial charge in [0.25, 0.3) is 0 Å². The van der Waals surface area contributed by atoms with E-state index in [9.17, 15) is 21.6 Å². The van der Waals surface area contributed by atoms with Crippen molar-refractivity contribution in [1.29, 1.82) is 0 Å². The van der Waals surface area contributed by atoms with Gasteiger partial charge in [0.05, 0.1) is 16.3 Å². The number of halogens is 3. The van der Waals surface area contributed by atoms with Crippen LogP contribution in [0.2, 0.25) is 0 Å². The molecule has 12 heteroatoms. The average molecular weight is 479 g/mol. The van der Waals surface area contributed by atoms with Crippen molar-refractivity contribution in [3.05, 3.63) is 65.9 Å². The van der Waals surface area contributed by atoms with Gasteiger partial charge in [-0.15, -0.1) is 0 Å². The molecule has 0 amide bonds. The summed E-state index contributed by atoms with van der Waals surface area (Å²) < 4.78 is 63.2. The van der Waals surface area contributed by atoms with E-state index >= 15 is 0 Å². The zero-order valence-corrected chi connectivity index (χ0v) is 20.5. The molecule has 7 nitrogen and oxygen atoms in total. The number of benzene rings is 2. The van der Waals surface area contributed by atoms with E-state index in [0.29, 0.717) is 12.0 Å². The molecule has 0 bridgehead atoms. The molecule has 3 aromatic rings. The molecule has 0 spiro atoms. The van der Waals surface area contributed by atoms with Crippen LogP contribution in [0.25, 0.3) is 16.9 Å². The molecule has 0 aliphatic rings. The fraction of sp³-hybridized carbons (Fsp3) is 0.200. The van der Waals surface area contributed by atoms with Gasteiger partial charge in [0, 0.05) is 5.56 Å². The maximum atomic E-state index is 13.1. The van der Waals surface area contributed by atoms with Gasteiger partial charge in [0.1, 0.15) is 0 Å². The monoisotopic (exact) mass is 479 g/mol. The summed E-state index contributed by atoms with van der Waals surface area (Å²) in [6, 6.07) is 13.1. The van der Waals surface area contributed by atoms with Crippen molar-refractivity contribution in [2.75, 3.05) is 0 Å². The number of hydrogen-bond donors (Lipinski definition) is 1. The van der Waals surface area contributed by atoms with E-state index in [1.54, 1.807) is 37.5 Å². The third-order valence-electron chi connectivity index (χ3n) is 3.90. The summed E-state index contributed by atoms with van der Waals surface area (Å²) in [4.78, 5) is 8.91. The average Bonchev–Trinajstić information content (AvgIpc) is 3.14. The molecule has 0 aliphatic carbocycles. The number of aromatic nitrogens is 2. The first-order chi connectivity index (χ1) is 14.0. The van der Waals surface area contributed by atoms with Crippen molar-refractivity contribution < 1.29 is 61.4 Å². The molecular formula is C20H21F3N3NaO4S. The molecule has 0 aliphatic heterocycles. The maximum absolute atomic E-state index is 13.1. The first-order valence-corrected chi connectivity index (χ1v) is 10.2. The minimum Gasteiger partial charge on any atom is -0.542 e. The molecular weight excluding hydrogens is 458 g/mol. The van der Waals surface area contributed by atoms with Gasteiger partial charge in [0.15, 0.2) is 5.69 Å². The number of alkyl halides is 3. The number of primary sulfonamides is 1. The number of rotatable bonds is 4. The van der Waals surface area contributed by atoms with Crippen LogP contribution >= 0.6 is 0 Å². The van der Waals surface area contributed by atoms with Crippen LogP contribution in [0.1, 0.15) is 24.6 Å². The van der Waals surface area contributed by atoms with Crippen LogP contribution in [0.4, 0.5) is 13.2 Å². The van der Waals surface area contributed by atoms with Crippen molar-refractivity contribution in [2.24, 2.45) is 5.14 Å².